The Morgan fingerprint density at radius 2 is 0.844 bits per heavy atom. The maximum atomic E-state index is 12.4. The SMILES string of the molecule is CNS(=O)(=O)c1cc(Oc2cnc(C)nc2N)c(C(C)C)cn1.COC(=O)Nc1cc(Oc2cnc(C)nc2N)c(C(C)C)cn1.COc1cc(Oc2cnc(C)nc2N)c(Cl)cn1.Cc1ncc(Oc2cc(Br)n(C)c(=O)c2C(C)C)c(N)n1.Cc1ncc(Oc2cc(S(=O)(=O)N(C)C)ncc2C(C)C)c(N)n1. The molecule has 1 amide bonds. The Morgan fingerprint density at radius 3 is 1.19 bits per heavy atom. The summed E-state index contributed by atoms with van der Waals surface area (Å²) in [6.45, 7) is 24.4. The maximum absolute atomic E-state index is 12.4. The summed E-state index contributed by atoms with van der Waals surface area (Å²) < 4.78 is 92.1. The van der Waals surface area contributed by atoms with E-state index in [1.165, 1.54) is 102 Å². The van der Waals surface area contributed by atoms with Gasteiger partial charge in [0.25, 0.3) is 25.6 Å². The van der Waals surface area contributed by atoms with Crippen molar-refractivity contribution in [2.75, 3.05) is 69.3 Å². The third kappa shape index (κ3) is 23.8. The number of methoxy groups -OCH3 is 2. The highest BCUT2D eigenvalue weighted by atomic mass is 79.9. The molecule has 0 bridgehead atoms. The number of hydrogen-bond donors (Lipinski definition) is 7. The van der Waals surface area contributed by atoms with Gasteiger partial charge in [0.2, 0.25) is 5.88 Å². The molecular weight excluding hydrogens is 1540 g/mol. The van der Waals surface area contributed by atoms with E-state index in [9.17, 15) is 26.4 Å². The quantitative estimate of drug-likeness (QED) is 0.0348. The minimum absolute atomic E-state index is 0.0133. The van der Waals surface area contributed by atoms with E-state index in [0.717, 1.165) is 21.0 Å². The lowest BCUT2D eigenvalue weighted by Gasteiger charge is -2.17. The fourth-order valence-corrected chi connectivity index (χ4v) is 10.9. The highest BCUT2D eigenvalue weighted by Gasteiger charge is 2.25. The summed E-state index contributed by atoms with van der Waals surface area (Å²) in [7, 11) is 1.34. The number of carbonyl (C=O) groups is 1. The Labute approximate surface area is 644 Å². The highest BCUT2D eigenvalue weighted by Crippen LogP contribution is 2.39. The standard InChI is InChI=1S/C15H21N5O3S.C15H19N5O3.C14H17BrN4O2.C14H19N5O3S.C11H11ClN4O2/c1-9(2)11-7-18-14(24(21,22)20(4)5)6-12(11)23-13-8-17-10(3)19-15(13)16;1-8(2)10-6-18-13(20-15(21)22-4)5-11(10)23-12-7-17-9(3)19-14(12)16;1-7(2)12-9(5-11(15)19(4)14(12)20)21-10-6-17-8(3)18-13(10)16;1-8(2)10-6-18-13(23(20,21)16-4)5-11(10)22-12-7-17-9(3)19-14(12)15;1-6-14-5-9(11(13)16-6)18-8-3-10(17-2)15-4-7(8)12/h6-9H,1-5H3,(H2,16,17,19);5-8H,1-4H3,(H2,16,17,19)(H,18,20,21);5-7H,1-4H3,(H2,16,17,18);5-8,16H,1-4H3,(H2,15,17,19);3-5H,1-2H3,(H2,13,14,16). The number of amides is 1. The number of rotatable bonds is 20. The van der Waals surface area contributed by atoms with Gasteiger partial charge in [0.15, 0.2) is 73.6 Å². The van der Waals surface area contributed by atoms with Crippen LogP contribution in [-0.2, 0) is 31.8 Å². The molecule has 0 unspecified atom stereocenters. The molecule has 10 aromatic heterocycles. The number of carbonyl (C=O) groups excluding carboxylic acids is 1. The van der Waals surface area contributed by atoms with E-state index in [1.807, 2.05) is 55.4 Å². The van der Waals surface area contributed by atoms with E-state index < -0.39 is 26.1 Å². The topological polar surface area (TPSA) is 510 Å². The summed E-state index contributed by atoms with van der Waals surface area (Å²) >= 11 is 9.31. The van der Waals surface area contributed by atoms with Gasteiger partial charge in [-0.3, -0.25) is 10.1 Å². The van der Waals surface area contributed by atoms with Crippen LogP contribution in [0.2, 0.25) is 5.02 Å². The molecule has 582 valence electrons. The van der Waals surface area contributed by atoms with Gasteiger partial charge < -0.3 is 66.4 Å². The number of sulfonamides is 2. The van der Waals surface area contributed by atoms with Crippen molar-refractivity contribution in [3.63, 3.8) is 0 Å². The number of ether oxygens (including phenoxy) is 7. The van der Waals surface area contributed by atoms with Gasteiger partial charge in [-0.2, -0.15) is 0 Å². The third-order valence-corrected chi connectivity index (χ3v) is 18.8. The van der Waals surface area contributed by atoms with Gasteiger partial charge in [-0.25, -0.2) is 100 Å². The number of nitrogens with zero attached hydrogens (tertiary/aromatic N) is 16. The first-order chi connectivity index (χ1) is 51.2. The van der Waals surface area contributed by atoms with Crippen LogP contribution in [0.1, 0.15) is 130 Å². The molecule has 12 N–H and O–H groups in total. The number of halogens is 2. The number of nitrogens with one attached hydrogen (secondary N) is 2. The summed E-state index contributed by atoms with van der Waals surface area (Å²) in [5, 5.41) is 2.60. The van der Waals surface area contributed by atoms with Crippen molar-refractivity contribution in [1.29, 1.82) is 0 Å². The van der Waals surface area contributed by atoms with E-state index in [1.54, 1.807) is 66.1 Å². The number of nitrogens with two attached hydrogens (primary N) is 5. The summed E-state index contributed by atoms with van der Waals surface area (Å²) in [6, 6.07) is 7.66. The van der Waals surface area contributed by atoms with Crippen LogP contribution in [0.25, 0.3) is 0 Å². The molecule has 0 spiro atoms. The molecule has 36 nitrogen and oxygen atoms in total. The Kier molecular flexibility index (Phi) is 30.5. The average molecular weight is 1630 g/mol. The molecular formula is C69H87BrClN23O13S2. The van der Waals surface area contributed by atoms with Crippen LogP contribution in [0.5, 0.6) is 63.4 Å². The molecule has 0 aliphatic heterocycles. The first-order valence-corrected chi connectivity index (χ1v) is 36.9. The molecule has 0 atom stereocenters. The number of nitrogen functional groups attached to an aromatic ring is 5. The van der Waals surface area contributed by atoms with Gasteiger partial charge in [0.1, 0.15) is 63.0 Å². The zero-order chi connectivity index (χ0) is 81.1. The van der Waals surface area contributed by atoms with Crippen LogP contribution in [0, 0.1) is 34.6 Å². The lowest BCUT2D eigenvalue weighted by Crippen LogP contribution is -2.23. The first kappa shape index (κ1) is 86.5. The van der Waals surface area contributed by atoms with Crippen molar-refractivity contribution in [3.05, 3.63) is 157 Å². The normalized spacial score (nSPS) is 11.1. The second-order valence-corrected chi connectivity index (χ2v) is 29.7. The Hall–Kier alpha value is -11.4. The summed E-state index contributed by atoms with van der Waals surface area (Å²) in [5.74, 6) is 8.46. The zero-order valence-corrected chi connectivity index (χ0v) is 67.3. The fraction of sp³-hybridized carbons (Fsp3) is 0.333. The predicted molar refractivity (Wildman–Crippen MR) is 414 cm³/mol. The third-order valence-electron chi connectivity index (χ3n) is 14.8. The first-order valence-electron chi connectivity index (χ1n) is 32.8. The Bertz CT molecular complexity index is 5180. The minimum atomic E-state index is -3.68. The van der Waals surface area contributed by atoms with E-state index in [0.29, 0.717) is 102 Å². The van der Waals surface area contributed by atoms with Gasteiger partial charge in [-0.15, -0.1) is 0 Å². The van der Waals surface area contributed by atoms with Gasteiger partial charge in [0, 0.05) is 86.8 Å². The number of anilines is 6. The molecule has 10 aromatic rings. The number of pyridine rings is 5. The predicted octanol–water partition coefficient (Wildman–Crippen LogP) is 11.3. The van der Waals surface area contributed by atoms with Crippen LogP contribution in [0.15, 0.2) is 106 Å². The Morgan fingerprint density at radius 1 is 0.486 bits per heavy atom. The molecule has 0 aliphatic carbocycles. The number of aromatic nitrogens is 15. The second-order valence-electron chi connectivity index (χ2n) is 24.6. The largest absolute Gasteiger partial charge is 0.481 e. The molecule has 40 heteroatoms. The molecule has 0 radical (unpaired) electrons. The van der Waals surface area contributed by atoms with Crippen molar-refractivity contribution in [3.8, 4) is 63.4 Å². The van der Waals surface area contributed by atoms with Crippen molar-refractivity contribution < 1.29 is 54.8 Å². The average Bonchev–Trinajstić information content (AvgIpc) is 0.806. The maximum Gasteiger partial charge on any atom is 0.412 e. The van der Waals surface area contributed by atoms with Crippen molar-refractivity contribution >= 4 is 88.6 Å². The molecule has 10 heterocycles. The van der Waals surface area contributed by atoms with Gasteiger partial charge in [0.05, 0.1) is 61.6 Å². The van der Waals surface area contributed by atoms with Gasteiger partial charge in [-0.1, -0.05) is 67.0 Å². The second kappa shape index (κ2) is 38.4. The Balaban J connectivity index is 0.000000214. The summed E-state index contributed by atoms with van der Waals surface area (Å²) in [6.07, 6.45) is 12.9. The van der Waals surface area contributed by atoms with E-state index in [2.05, 4.69) is 100 Å². The monoisotopic (exact) mass is 1620 g/mol. The van der Waals surface area contributed by atoms with Gasteiger partial charge >= 0.3 is 6.09 Å². The molecule has 0 saturated carbocycles. The minimum Gasteiger partial charge on any atom is -0.481 e. The smallest absolute Gasteiger partial charge is 0.412 e. The molecule has 109 heavy (non-hydrogen) atoms. The number of aryl methyl sites for hydroxylation is 5. The summed E-state index contributed by atoms with van der Waals surface area (Å²) in [4.78, 5) is 80.2. The van der Waals surface area contributed by atoms with Crippen molar-refractivity contribution in [1.82, 2.24) is 83.4 Å². The van der Waals surface area contributed by atoms with E-state index in [-0.39, 0.29) is 79.9 Å². The van der Waals surface area contributed by atoms with E-state index in [4.69, 9.17) is 68.7 Å². The van der Waals surface area contributed by atoms with Gasteiger partial charge in [-0.05, 0) is 81.3 Å². The highest BCUT2D eigenvalue weighted by molar-refractivity contribution is 9.10. The molecule has 10 rings (SSSR count). The van der Waals surface area contributed by atoms with Crippen LogP contribution in [0.4, 0.5) is 39.7 Å². The summed E-state index contributed by atoms with van der Waals surface area (Å²) in [5.41, 5.74) is 31.9. The van der Waals surface area contributed by atoms with E-state index >= 15 is 0 Å². The van der Waals surface area contributed by atoms with Crippen LogP contribution >= 0.6 is 27.5 Å². The van der Waals surface area contributed by atoms with Crippen LogP contribution in [0.3, 0.4) is 0 Å². The van der Waals surface area contributed by atoms with Crippen molar-refractivity contribution in [2.24, 2.45) is 7.05 Å². The lowest BCUT2D eigenvalue weighted by atomic mass is 10.0. The molecule has 0 saturated heterocycles. The van der Waals surface area contributed by atoms with Crippen molar-refractivity contribution in [2.45, 2.75) is 124 Å². The molecule has 0 aliphatic rings. The fourth-order valence-electron chi connectivity index (χ4n) is 8.92. The lowest BCUT2D eigenvalue weighted by molar-refractivity contribution is 0.187. The molecule has 0 aromatic carbocycles. The number of hydrogen-bond acceptors (Lipinski definition) is 32. The molecule has 0 fully saturated rings. The zero-order valence-electron chi connectivity index (χ0n) is 63.3. The van der Waals surface area contributed by atoms with Crippen LogP contribution in [-0.4, -0.2) is 137 Å². The van der Waals surface area contributed by atoms with Crippen LogP contribution < -0.4 is 72.7 Å².